The normalized spacial score (nSPS) is 20.3. The van der Waals surface area contributed by atoms with Crippen molar-refractivity contribution in [3.63, 3.8) is 0 Å². The molecular formula is C15H31NO. The van der Waals surface area contributed by atoms with Gasteiger partial charge in [0.2, 0.25) is 0 Å². The molecule has 1 saturated carbocycles. The van der Waals surface area contributed by atoms with Crippen molar-refractivity contribution in [2.45, 2.75) is 71.9 Å². The van der Waals surface area contributed by atoms with Crippen LogP contribution in [0.1, 0.15) is 59.8 Å². The minimum Gasteiger partial charge on any atom is -0.377 e. The molecule has 0 aromatic heterocycles. The molecule has 2 unspecified atom stereocenters. The number of hydrogen-bond donors (Lipinski definition) is 1. The number of hydrogen-bond acceptors (Lipinski definition) is 2. The van der Waals surface area contributed by atoms with Gasteiger partial charge < -0.3 is 10.1 Å². The Morgan fingerprint density at radius 2 is 1.94 bits per heavy atom. The highest BCUT2D eigenvalue weighted by Crippen LogP contribution is 2.32. The fourth-order valence-electron chi connectivity index (χ4n) is 2.72. The molecule has 0 heterocycles. The molecule has 1 fully saturated rings. The van der Waals surface area contributed by atoms with Crippen LogP contribution in [-0.4, -0.2) is 25.3 Å². The van der Waals surface area contributed by atoms with Crippen molar-refractivity contribution in [2.24, 2.45) is 11.8 Å². The van der Waals surface area contributed by atoms with Crippen LogP contribution in [0.5, 0.6) is 0 Å². The Balaban J connectivity index is 2.49. The van der Waals surface area contributed by atoms with E-state index >= 15 is 0 Å². The molecule has 2 atom stereocenters. The van der Waals surface area contributed by atoms with E-state index in [1.165, 1.54) is 32.1 Å². The summed E-state index contributed by atoms with van der Waals surface area (Å²) in [7, 11) is 0. The van der Waals surface area contributed by atoms with Crippen molar-refractivity contribution < 1.29 is 4.74 Å². The van der Waals surface area contributed by atoms with Crippen LogP contribution in [0.15, 0.2) is 0 Å². The Bertz CT molecular complexity index is 189. The van der Waals surface area contributed by atoms with Crippen molar-refractivity contribution in [2.75, 3.05) is 13.2 Å². The molecule has 0 saturated heterocycles. The summed E-state index contributed by atoms with van der Waals surface area (Å²) in [6.07, 6.45) is 7.20. The molecule has 0 spiro atoms. The Morgan fingerprint density at radius 1 is 1.24 bits per heavy atom. The number of ether oxygens (including phenoxy) is 1. The summed E-state index contributed by atoms with van der Waals surface area (Å²) in [5, 5.41) is 3.71. The first-order chi connectivity index (χ1) is 8.19. The van der Waals surface area contributed by atoms with E-state index in [1.807, 2.05) is 0 Å². The summed E-state index contributed by atoms with van der Waals surface area (Å²) in [4.78, 5) is 0. The zero-order valence-electron chi connectivity index (χ0n) is 12.2. The van der Waals surface area contributed by atoms with Gasteiger partial charge in [-0.25, -0.2) is 0 Å². The van der Waals surface area contributed by atoms with Gasteiger partial charge in [0.1, 0.15) is 0 Å². The molecular weight excluding hydrogens is 210 g/mol. The fraction of sp³-hybridized carbons (Fsp3) is 1.00. The number of rotatable bonds is 9. The third kappa shape index (κ3) is 4.97. The van der Waals surface area contributed by atoms with Crippen LogP contribution >= 0.6 is 0 Å². The second-order valence-electron chi connectivity index (χ2n) is 5.76. The predicted molar refractivity (Wildman–Crippen MR) is 74.3 cm³/mol. The molecule has 0 amide bonds. The summed E-state index contributed by atoms with van der Waals surface area (Å²) in [5.74, 6) is 1.55. The maximum absolute atomic E-state index is 5.97. The second-order valence-corrected chi connectivity index (χ2v) is 5.76. The van der Waals surface area contributed by atoms with E-state index in [1.54, 1.807) is 0 Å². The van der Waals surface area contributed by atoms with Gasteiger partial charge in [-0.3, -0.25) is 0 Å². The Labute approximate surface area is 108 Å². The van der Waals surface area contributed by atoms with Crippen LogP contribution in [-0.2, 0) is 4.74 Å². The zero-order chi connectivity index (χ0) is 12.7. The summed E-state index contributed by atoms with van der Waals surface area (Å²) < 4.78 is 5.97. The SMILES string of the molecule is CCCNC(CC1CCC1)C(OCC)C(C)C. The minimum atomic E-state index is 0.382. The largest absolute Gasteiger partial charge is 0.377 e. The molecule has 1 aliphatic carbocycles. The lowest BCUT2D eigenvalue weighted by atomic mass is 9.78. The lowest BCUT2D eigenvalue weighted by Gasteiger charge is -2.36. The maximum Gasteiger partial charge on any atom is 0.0750 e. The van der Waals surface area contributed by atoms with Gasteiger partial charge >= 0.3 is 0 Å². The van der Waals surface area contributed by atoms with Crippen LogP contribution in [0.25, 0.3) is 0 Å². The van der Waals surface area contributed by atoms with Crippen LogP contribution in [0.4, 0.5) is 0 Å². The minimum absolute atomic E-state index is 0.382. The molecule has 0 bridgehead atoms. The first-order valence-corrected chi connectivity index (χ1v) is 7.54. The van der Waals surface area contributed by atoms with E-state index in [4.69, 9.17) is 4.74 Å². The molecule has 0 aliphatic heterocycles. The summed E-state index contributed by atoms with van der Waals surface area (Å²) in [6, 6.07) is 0.556. The van der Waals surface area contributed by atoms with Crippen LogP contribution in [0.2, 0.25) is 0 Å². The highest BCUT2D eigenvalue weighted by Gasteiger charge is 2.29. The van der Waals surface area contributed by atoms with Gasteiger partial charge in [-0.2, -0.15) is 0 Å². The maximum atomic E-state index is 5.97. The van der Waals surface area contributed by atoms with Gasteiger partial charge in [-0.1, -0.05) is 40.0 Å². The smallest absolute Gasteiger partial charge is 0.0750 e. The molecule has 102 valence electrons. The first-order valence-electron chi connectivity index (χ1n) is 7.54. The van der Waals surface area contributed by atoms with E-state index in [0.717, 1.165) is 19.1 Å². The van der Waals surface area contributed by atoms with Crippen molar-refractivity contribution in [1.29, 1.82) is 0 Å². The summed E-state index contributed by atoms with van der Waals surface area (Å²) in [6.45, 7) is 10.9. The Hall–Kier alpha value is -0.0800. The second kappa shape index (κ2) is 8.10. The van der Waals surface area contributed by atoms with Crippen molar-refractivity contribution in [1.82, 2.24) is 5.32 Å². The third-order valence-electron chi connectivity index (χ3n) is 3.88. The molecule has 1 aliphatic rings. The van der Waals surface area contributed by atoms with Crippen LogP contribution in [0, 0.1) is 11.8 Å². The van der Waals surface area contributed by atoms with Crippen molar-refractivity contribution in [3.8, 4) is 0 Å². The van der Waals surface area contributed by atoms with Gasteiger partial charge in [-0.15, -0.1) is 0 Å². The Kier molecular flexibility index (Phi) is 7.14. The van der Waals surface area contributed by atoms with E-state index in [-0.39, 0.29) is 0 Å². The van der Waals surface area contributed by atoms with Gasteiger partial charge in [-0.05, 0) is 38.1 Å². The molecule has 1 N–H and O–H groups in total. The first kappa shape index (κ1) is 15.0. The van der Waals surface area contributed by atoms with E-state index < -0.39 is 0 Å². The highest BCUT2D eigenvalue weighted by molar-refractivity contribution is 4.84. The molecule has 0 radical (unpaired) electrons. The average Bonchev–Trinajstić information content (AvgIpc) is 2.24. The van der Waals surface area contributed by atoms with Gasteiger partial charge in [0.05, 0.1) is 6.10 Å². The number of nitrogens with one attached hydrogen (secondary N) is 1. The third-order valence-corrected chi connectivity index (χ3v) is 3.88. The van der Waals surface area contributed by atoms with Gasteiger partial charge in [0.15, 0.2) is 0 Å². The topological polar surface area (TPSA) is 21.3 Å². The summed E-state index contributed by atoms with van der Waals surface area (Å²) in [5.41, 5.74) is 0. The van der Waals surface area contributed by atoms with E-state index in [9.17, 15) is 0 Å². The van der Waals surface area contributed by atoms with E-state index in [2.05, 4.69) is 33.0 Å². The Morgan fingerprint density at radius 3 is 2.35 bits per heavy atom. The highest BCUT2D eigenvalue weighted by atomic mass is 16.5. The summed E-state index contributed by atoms with van der Waals surface area (Å²) >= 11 is 0. The van der Waals surface area contributed by atoms with Crippen molar-refractivity contribution in [3.05, 3.63) is 0 Å². The average molecular weight is 241 g/mol. The van der Waals surface area contributed by atoms with Gasteiger partial charge in [0.25, 0.3) is 0 Å². The lowest BCUT2D eigenvalue weighted by molar-refractivity contribution is -0.00555. The predicted octanol–water partition coefficient (Wildman–Crippen LogP) is 3.61. The zero-order valence-corrected chi connectivity index (χ0v) is 12.2. The van der Waals surface area contributed by atoms with E-state index in [0.29, 0.717) is 18.1 Å². The lowest BCUT2D eigenvalue weighted by Crippen LogP contribution is -2.46. The molecule has 1 rings (SSSR count). The van der Waals surface area contributed by atoms with Crippen LogP contribution < -0.4 is 5.32 Å². The molecule has 0 aromatic rings. The van der Waals surface area contributed by atoms with Crippen molar-refractivity contribution >= 4 is 0 Å². The molecule has 2 nitrogen and oxygen atoms in total. The quantitative estimate of drug-likeness (QED) is 0.666. The molecule has 2 heteroatoms. The monoisotopic (exact) mass is 241 g/mol. The molecule has 17 heavy (non-hydrogen) atoms. The fourth-order valence-corrected chi connectivity index (χ4v) is 2.72. The standard InChI is InChI=1S/C15H31NO/c1-5-10-16-14(11-13-8-7-9-13)15(12(3)4)17-6-2/h12-16H,5-11H2,1-4H3. The van der Waals surface area contributed by atoms with Gasteiger partial charge in [0, 0.05) is 12.6 Å². The van der Waals surface area contributed by atoms with Crippen LogP contribution in [0.3, 0.4) is 0 Å². The molecule has 0 aromatic carbocycles.